The molecule has 0 saturated carbocycles. The number of carbonyl (C=O) groups excluding carboxylic acids is 1. The molecule has 2 aromatic rings. The normalized spacial score (nSPS) is 10.6. The van der Waals surface area contributed by atoms with Crippen molar-refractivity contribution < 1.29 is 19.1 Å². The van der Waals surface area contributed by atoms with Gasteiger partial charge in [0, 0.05) is 17.8 Å². The van der Waals surface area contributed by atoms with Crippen molar-refractivity contribution in [1.82, 2.24) is 14.7 Å². The van der Waals surface area contributed by atoms with E-state index in [9.17, 15) is 14.0 Å². The second-order valence-electron chi connectivity index (χ2n) is 5.22. The number of rotatable bonds is 5. The Balaban J connectivity index is 2.33. The smallest absolute Gasteiger partial charge is 0.323 e. The first-order valence-corrected chi connectivity index (χ1v) is 7.17. The third-order valence-corrected chi connectivity index (χ3v) is 3.43. The van der Waals surface area contributed by atoms with Crippen LogP contribution < -0.4 is 0 Å². The van der Waals surface area contributed by atoms with Gasteiger partial charge in [-0.1, -0.05) is 0 Å². The lowest BCUT2D eigenvalue weighted by Gasteiger charge is -2.18. The minimum Gasteiger partial charge on any atom is -0.480 e. The fourth-order valence-electron chi connectivity index (χ4n) is 2.36. The molecule has 2 rings (SSSR count). The molecule has 7 heteroatoms. The van der Waals surface area contributed by atoms with Gasteiger partial charge in [-0.25, -0.2) is 9.07 Å². The monoisotopic (exact) mass is 319 g/mol. The summed E-state index contributed by atoms with van der Waals surface area (Å²) in [5, 5.41) is 13.0. The van der Waals surface area contributed by atoms with E-state index < -0.39 is 24.2 Å². The molecule has 0 saturated heterocycles. The first-order chi connectivity index (χ1) is 10.8. The summed E-state index contributed by atoms with van der Waals surface area (Å²) in [7, 11) is 0. The van der Waals surface area contributed by atoms with Crippen molar-refractivity contribution in [2.24, 2.45) is 0 Å². The molecule has 1 amide bonds. The van der Waals surface area contributed by atoms with Gasteiger partial charge in [-0.3, -0.25) is 9.59 Å². The fraction of sp³-hybridized carbons (Fsp3) is 0.312. The molecule has 1 aromatic heterocycles. The second-order valence-corrected chi connectivity index (χ2v) is 5.22. The molecule has 122 valence electrons. The molecule has 0 aliphatic carbocycles. The van der Waals surface area contributed by atoms with E-state index in [1.807, 2.05) is 19.9 Å². The summed E-state index contributed by atoms with van der Waals surface area (Å²) in [5.41, 5.74) is 1.89. The summed E-state index contributed by atoms with van der Waals surface area (Å²) in [6.07, 6.45) is 0. The molecular weight excluding hydrogens is 301 g/mol. The lowest BCUT2D eigenvalue weighted by molar-refractivity contribution is -0.137. The quantitative estimate of drug-likeness (QED) is 0.916. The van der Waals surface area contributed by atoms with Gasteiger partial charge in [0.05, 0.1) is 5.69 Å². The molecule has 6 nitrogen and oxygen atoms in total. The lowest BCUT2D eigenvalue weighted by atomic mass is 10.1. The molecule has 0 atom stereocenters. The maximum atomic E-state index is 14.4. The minimum absolute atomic E-state index is 0.107. The third kappa shape index (κ3) is 3.56. The van der Waals surface area contributed by atoms with Crippen LogP contribution in [-0.2, 0) is 4.79 Å². The summed E-state index contributed by atoms with van der Waals surface area (Å²) < 4.78 is 15.8. The van der Waals surface area contributed by atoms with Crippen molar-refractivity contribution in [3.63, 3.8) is 0 Å². The molecule has 0 fully saturated rings. The Morgan fingerprint density at radius 2 is 2.00 bits per heavy atom. The SMILES string of the molecule is CCN(CC(=O)O)C(=O)c1ccc(-n2nc(C)cc2C)c(F)c1. The first-order valence-electron chi connectivity index (χ1n) is 7.17. The molecular formula is C16H18FN3O3. The Labute approximate surface area is 133 Å². The number of halogens is 1. The molecule has 0 spiro atoms. The number of carbonyl (C=O) groups is 2. The minimum atomic E-state index is -1.11. The molecule has 1 heterocycles. The Morgan fingerprint density at radius 3 is 2.48 bits per heavy atom. The van der Waals surface area contributed by atoms with Crippen molar-refractivity contribution in [3.05, 3.63) is 47.0 Å². The van der Waals surface area contributed by atoms with Crippen LogP contribution in [-0.4, -0.2) is 44.8 Å². The van der Waals surface area contributed by atoms with Crippen LogP contribution in [0.25, 0.3) is 5.69 Å². The van der Waals surface area contributed by atoms with Crippen LogP contribution >= 0.6 is 0 Å². The van der Waals surface area contributed by atoms with E-state index in [0.29, 0.717) is 0 Å². The maximum Gasteiger partial charge on any atom is 0.323 e. The zero-order valence-electron chi connectivity index (χ0n) is 13.2. The Morgan fingerprint density at radius 1 is 1.30 bits per heavy atom. The van der Waals surface area contributed by atoms with E-state index >= 15 is 0 Å². The van der Waals surface area contributed by atoms with Gasteiger partial charge in [-0.15, -0.1) is 0 Å². The summed E-state index contributed by atoms with van der Waals surface area (Å²) in [6, 6.07) is 5.88. The average molecular weight is 319 g/mol. The van der Waals surface area contributed by atoms with E-state index in [2.05, 4.69) is 5.10 Å². The van der Waals surface area contributed by atoms with E-state index in [4.69, 9.17) is 5.11 Å². The average Bonchev–Trinajstić information content (AvgIpc) is 2.82. The van der Waals surface area contributed by atoms with Gasteiger partial charge in [0.15, 0.2) is 0 Å². The molecule has 0 radical (unpaired) electrons. The number of aryl methyl sites for hydroxylation is 2. The van der Waals surface area contributed by atoms with Gasteiger partial charge in [0.25, 0.3) is 5.91 Å². The molecule has 0 aliphatic rings. The predicted octanol–water partition coefficient (Wildman–Crippen LogP) is 2.17. The van der Waals surface area contributed by atoms with Crippen LogP contribution in [0.2, 0.25) is 0 Å². The summed E-state index contributed by atoms with van der Waals surface area (Å²) >= 11 is 0. The van der Waals surface area contributed by atoms with Crippen LogP contribution in [0.1, 0.15) is 28.7 Å². The van der Waals surface area contributed by atoms with Crippen LogP contribution in [0.15, 0.2) is 24.3 Å². The third-order valence-electron chi connectivity index (χ3n) is 3.43. The van der Waals surface area contributed by atoms with E-state index in [1.54, 1.807) is 6.92 Å². The van der Waals surface area contributed by atoms with Gasteiger partial charge >= 0.3 is 5.97 Å². The highest BCUT2D eigenvalue weighted by Gasteiger charge is 2.19. The van der Waals surface area contributed by atoms with Crippen LogP contribution in [0, 0.1) is 19.7 Å². The molecule has 0 bridgehead atoms. The van der Waals surface area contributed by atoms with Crippen molar-refractivity contribution in [1.29, 1.82) is 0 Å². The number of carboxylic acids is 1. The van der Waals surface area contributed by atoms with Crippen LogP contribution in [0.5, 0.6) is 0 Å². The van der Waals surface area contributed by atoms with Gasteiger partial charge in [0.2, 0.25) is 0 Å². The highest BCUT2D eigenvalue weighted by atomic mass is 19.1. The number of hydrogen-bond donors (Lipinski definition) is 1. The summed E-state index contributed by atoms with van der Waals surface area (Å²) in [6.45, 7) is 5.10. The Kier molecular flexibility index (Phi) is 4.78. The standard InChI is InChI=1S/C16H18FN3O3/c1-4-19(9-15(21)22)16(23)12-5-6-14(13(17)8-12)20-11(3)7-10(2)18-20/h5-8H,4,9H2,1-3H3,(H,21,22). The summed E-state index contributed by atoms with van der Waals surface area (Å²) in [5.74, 6) is -2.22. The van der Waals surface area contributed by atoms with E-state index in [-0.39, 0.29) is 17.8 Å². The van der Waals surface area contributed by atoms with E-state index in [1.165, 1.54) is 16.8 Å². The van der Waals surface area contributed by atoms with Crippen LogP contribution in [0.3, 0.4) is 0 Å². The van der Waals surface area contributed by atoms with Gasteiger partial charge in [0.1, 0.15) is 18.0 Å². The Hall–Kier alpha value is -2.70. The first kappa shape index (κ1) is 16.7. The number of aliphatic carboxylic acids is 1. The number of benzene rings is 1. The fourth-order valence-corrected chi connectivity index (χ4v) is 2.36. The van der Waals surface area contributed by atoms with Gasteiger partial charge in [-0.2, -0.15) is 5.10 Å². The van der Waals surface area contributed by atoms with Gasteiger partial charge < -0.3 is 10.0 Å². The lowest BCUT2D eigenvalue weighted by Crippen LogP contribution is -2.35. The highest BCUT2D eigenvalue weighted by Crippen LogP contribution is 2.18. The Bertz CT molecular complexity index is 755. The van der Waals surface area contributed by atoms with Crippen molar-refractivity contribution in [2.45, 2.75) is 20.8 Å². The molecule has 23 heavy (non-hydrogen) atoms. The maximum absolute atomic E-state index is 14.4. The highest BCUT2D eigenvalue weighted by molar-refractivity contribution is 5.96. The predicted molar refractivity (Wildman–Crippen MR) is 82.2 cm³/mol. The van der Waals surface area contributed by atoms with Crippen molar-refractivity contribution in [2.75, 3.05) is 13.1 Å². The largest absolute Gasteiger partial charge is 0.480 e. The topological polar surface area (TPSA) is 75.4 Å². The molecule has 0 aliphatic heterocycles. The zero-order valence-corrected chi connectivity index (χ0v) is 13.2. The number of likely N-dealkylation sites (N-methyl/N-ethyl adjacent to an activating group) is 1. The number of carboxylic acid groups (broad SMARTS) is 1. The van der Waals surface area contributed by atoms with Crippen LogP contribution in [0.4, 0.5) is 4.39 Å². The molecule has 1 aromatic carbocycles. The summed E-state index contributed by atoms with van der Waals surface area (Å²) in [4.78, 5) is 24.2. The molecule has 1 N–H and O–H groups in total. The number of hydrogen-bond acceptors (Lipinski definition) is 3. The second kappa shape index (κ2) is 6.60. The number of amides is 1. The number of aromatic nitrogens is 2. The van der Waals surface area contributed by atoms with Crippen molar-refractivity contribution >= 4 is 11.9 Å². The zero-order chi connectivity index (χ0) is 17.1. The molecule has 0 unspecified atom stereocenters. The van der Waals surface area contributed by atoms with Gasteiger partial charge in [-0.05, 0) is 45.0 Å². The van der Waals surface area contributed by atoms with E-state index in [0.717, 1.165) is 22.4 Å². The van der Waals surface area contributed by atoms with Crippen molar-refractivity contribution in [3.8, 4) is 5.69 Å². The number of nitrogens with zero attached hydrogens (tertiary/aromatic N) is 3.